The second kappa shape index (κ2) is 1.97. The molecule has 2 heteroatoms. The third kappa shape index (κ3) is 2.21. The summed E-state index contributed by atoms with van der Waals surface area (Å²) in [5.74, 6) is 1.75. The lowest BCUT2D eigenvalue weighted by molar-refractivity contribution is 0.0517. The van der Waals surface area contributed by atoms with Gasteiger partial charge < -0.3 is 10.2 Å². The van der Waals surface area contributed by atoms with Crippen LogP contribution in [-0.4, -0.2) is 22.4 Å². The van der Waals surface area contributed by atoms with Crippen molar-refractivity contribution in [2.45, 2.75) is 12.5 Å². The molecule has 0 aromatic carbocycles. The molecule has 1 radical (unpaired) electrons. The van der Waals surface area contributed by atoms with Crippen LogP contribution in [-0.2, 0) is 0 Å². The van der Waals surface area contributed by atoms with Crippen LogP contribution in [0.1, 0.15) is 6.92 Å². The van der Waals surface area contributed by atoms with Crippen molar-refractivity contribution in [3.63, 3.8) is 0 Å². The van der Waals surface area contributed by atoms with Crippen LogP contribution in [0.5, 0.6) is 0 Å². The zero-order chi connectivity index (χ0) is 5.91. The second-order valence-corrected chi connectivity index (χ2v) is 1.56. The normalized spacial score (nSPS) is 17.4. The van der Waals surface area contributed by atoms with Gasteiger partial charge in [0.2, 0.25) is 0 Å². The first kappa shape index (κ1) is 6.48. The highest BCUT2D eigenvalue weighted by molar-refractivity contribution is 4.99. The molecule has 2 N–H and O–H groups in total. The highest BCUT2D eigenvalue weighted by Crippen LogP contribution is 1.95. The van der Waals surface area contributed by atoms with E-state index in [1.54, 1.807) is 5.92 Å². The summed E-state index contributed by atoms with van der Waals surface area (Å²) in [7, 11) is 0. The van der Waals surface area contributed by atoms with Crippen molar-refractivity contribution < 1.29 is 10.2 Å². The summed E-state index contributed by atoms with van der Waals surface area (Å²) < 4.78 is 0. The van der Waals surface area contributed by atoms with Crippen LogP contribution >= 0.6 is 0 Å². The Morgan fingerprint density at radius 1 is 1.86 bits per heavy atom. The highest BCUT2D eigenvalue weighted by Gasteiger charge is 2.12. The van der Waals surface area contributed by atoms with E-state index in [0.717, 1.165) is 0 Å². The van der Waals surface area contributed by atoms with E-state index in [2.05, 4.69) is 0 Å². The molecule has 0 amide bonds. The molecule has 2 nitrogen and oxygen atoms in total. The van der Waals surface area contributed by atoms with E-state index in [-0.39, 0.29) is 0 Å². The molecule has 0 aromatic rings. The second-order valence-electron chi connectivity index (χ2n) is 1.56. The van der Waals surface area contributed by atoms with Crippen LogP contribution < -0.4 is 0 Å². The summed E-state index contributed by atoms with van der Waals surface area (Å²) in [5, 5.41) is 16.7. The maximum Gasteiger partial charge on any atom is 0.146 e. The first-order chi connectivity index (χ1) is 3.12. The van der Waals surface area contributed by atoms with Crippen molar-refractivity contribution >= 4 is 0 Å². The van der Waals surface area contributed by atoms with E-state index >= 15 is 0 Å². The fraction of sp³-hybridized carbons (Fsp3) is 0.600. The first-order valence-electron chi connectivity index (χ1n) is 1.89. The maximum absolute atomic E-state index is 8.58. The molecular formula is C5H7O2. The largest absolute Gasteiger partial charge is 0.392 e. The molecule has 1 atom stereocenters. The van der Waals surface area contributed by atoms with Crippen LogP contribution in [0.2, 0.25) is 0 Å². The zero-order valence-corrected chi connectivity index (χ0v) is 4.10. The molecule has 0 bridgehead atoms. The summed E-state index contributed by atoms with van der Waals surface area (Å²) in [6.45, 7) is 0.858. The molecule has 39 valence electrons. The van der Waals surface area contributed by atoms with Gasteiger partial charge in [-0.15, -0.1) is 0 Å². The number of aliphatic hydroxyl groups is 2. The third-order valence-electron chi connectivity index (χ3n) is 0.577. The molecule has 0 heterocycles. The van der Waals surface area contributed by atoms with Crippen molar-refractivity contribution in [1.82, 2.24) is 0 Å². The summed E-state index contributed by atoms with van der Waals surface area (Å²) in [5.41, 5.74) is -1.44. The molecule has 1 unspecified atom stereocenters. The standard InChI is InChI=1S/C5H7O2/c1-3-5(2,7)4-6/h6-7H,4H2,2H3. The van der Waals surface area contributed by atoms with Gasteiger partial charge in [-0.2, -0.15) is 0 Å². The molecule has 7 heavy (non-hydrogen) atoms. The Bertz CT molecular complexity index is 88.7. The van der Waals surface area contributed by atoms with Crippen LogP contribution in [0.4, 0.5) is 0 Å². The van der Waals surface area contributed by atoms with E-state index in [4.69, 9.17) is 16.6 Å². The van der Waals surface area contributed by atoms with E-state index < -0.39 is 12.2 Å². The van der Waals surface area contributed by atoms with Gasteiger partial charge in [0.25, 0.3) is 0 Å². The zero-order valence-electron chi connectivity index (χ0n) is 4.10. The van der Waals surface area contributed by atoms with Gasteiger partial charge in [0.15, 0.2) is 0 Å². The van der Waals surface area contributed by atoms with Crippen molar-refractivity contribution in [1.29, 1.82) is 0 Å². The molecule has 0 aliphatic carbocycles. The Morgan fingerprint density at radius 3 is 2.29 bits per heavy atom. The van der Waals surface area contributed by atoms with E-state index in [1.807, 2.05) is 0 Å². The van der Waals surface area contributed by atoms with Crippen molar-refractivity contribution in [3.05, 3.63) is 6.42 Å². The van der Waals surface area contributed by atoms with Crippen LogP contribution in [0.15, 0.2) is 0 Å². The maximum atomic E-state index is 8.58. The van der Waals surface area contributed by atoms with Crippen LogP contribution in [0, 0.1) is 12.3 Å². The number of hydrogen-bond donors (Lipinski definition) is 2. The molecule has 0 saturated heterocycles. The molecular weight excluding hydrogens is 92.1 g/mol. The predicted molar refractivity (Wildman–Crippen MR) is 24.8 cm³/mol. The van der Waals surface area contributed by atoms with Gasteiger partial charge in [-0.05, 0) is 13.3 Å². The Morgan fingerprint density at radius 2 is 2.29 bits per heavy atom. The smallest absolute Gasteiger partial charge is 0.146 e. The van der Waals surface area contributed by atoms with Gasteiger partial charge in [0.05, 0.1) is 6.61 Å². The average molecular weight is 99.1 g/mol. The summed E-state index contributed by atoms with van der Waals surface area (Å²) in [4.78, 5) is 0. The average Bonchev–Trinajstić information content (AvgIpc) is 1.68. The van der Waals surface area contributed by atoms with Crippen molar-refractivity contribution in [3.8, 4) is 5.92 Å². The first-order valence-corrected chi connectivity index (χ1v) is 1.89. The van der Waals surface area contributed by atoms with Gasteiger partial charge in [0.1, 0.15) is 5.60 Å². The lowest BCUT2D eigenvalue weighted by Gasteiger charge is -2.09. The summed E-state index contributed by atoms with van der Waals surface area (Å²) >= 11 is 0. The molecule has 0 aliphatic rings. The van der Waals surface area contributed by atoms with E-state index in [1.165, 1.54) is 6.92 Å². The Kier molecular flexibility index (Phi) is 1.82. The minimum Gasteiger partial charge on any atom is -0.392 e. The fourth-order valence-electron chi connectivity index (χ4n) is 0.0395. The third-order valence-corrected chi connectivity index (χ3v) is 0.577. The van der Waals surface area contributed by atoms with E-state index in [9.17, 15) is 0 Å². The SMILES string of the molecule is [C]#CC(C)(O)CO. The quantitative estimate of drug-likeness (QED) is 0.427. The minimum atomic E-state index is -1.44. The fourth-order valence-corrected chi connectivity index (χ4v) is 0.0395. The molecule has 0 spiro atoms. The van der Waals surface area contributed by atoms with Gasteiger partial charge >= 0.3 is 0 Å². The Hall–Kier alpha value is -0.520. The number of aliphatic hydroxyl groups excluding tert-OH is 1. The Balaban J connectivity index is 3.66. The van der Waals surface area contributed by atoms with Gasteiger partial charge in [-0.1, -0.05) is 5.92 Å². The number of hydrogen-bond acceptors (Lipinski definition) is 2. The molecule has 0 aliphatic heterocycles. The van der Waals surface area contributed by atoms with Gasteiger partial charge in [0, 0.05) is 0 Å². The van der Waals surface area contributed by atoms with E-state index in [0.29, 0.717) is 0 Å². The predicted octanol–water partition coefficient (Wildman–Crippen LogP) is -0.681. The highest BCUT2D eigenvalue weighted by atomic mass is 16.3. The monoisotopic (exact) mass is 99.0 g/mol. The lowest BCUT2D eigenvalue weighted by atomic mass is 10.1. The molecule has 0 saturated carbocycles. The molecule has 0 aromatic heterocycles. The Labute approximate surface area is 42.8 Å². The number of rotatable bonds is 1. The van der Waals surface area contributed by atoms with Crippen molar-refractivity contribution in [2.75, 3.05) is 6.61 Å². The topological polar surface area (TPSA) is 40.5 Å². The van der Waals surface area contributed by atoms with Crippen LogP contribution in [0.3, 0.4) is 0 Å². The summed E-state index contributed by atoms with van der Waals surface area (Å²) in [6.07, 6.45) is 6.35. The van der Waals surface area contributed by atoms with Gasteiger partial charge in [-0.3, -0.25) is 0 Å². The molecule has 0 rings (SSSR count). The minimum absolute atomic E-state index is 0.448. The molecule has 0 fully saturated rings. The van der Waals surface area contributed by atoms with Crippen LogP contribution in [0.25, 0.3) is 0 Å². The van der Waals surface area contributed by atoms with Gasteiger partial charge in [-0.25, -0.2) is 0 Å². The van der Waals surface area contributed by atoms with Crippen molar-refractivity contribution in [2.24, 2.45) is 0 Å². The lowest BCUT2D eigenvalue weighted by Crippen LogP contribution is -2.25. The summed E-state index contributed by atoms with van der Waals surface area (Å²) in [6, 6.07) is 0.